The molecule has 1 aromatic rings. The van der Waals surface area contributed by atoms with Crippen molar-refractivity contribution < 1.29 is 4.74 Å². The van der Waals surface area contributed by atoms with E-state index in [4.69, 9.17) is 19.7 Å². The maximum atomic E-state index is 5.55. The van der Waals surface area contributed by atoms with Crippen LogP contribution in [0.4, 0.5) is 17.8 Å². The van der Waals surface area contributed by atoms with E-state index in [1.807, 2.05) is 12.2 Å². The summed E-state index contributed by atoms with van der Waals surface area (Å²) in [7, 11) is 0. The Labute approximate surface area is 206 Å². The van der Waals surface area contributed by atoms with Crippen molar-refractivity contribution in [2.45, 2.75) is 77.4 Å². The number of ether oxygens (including phenoxy) is 1. The summed E-state index contributed by atoms with van der Waals surface area (Å²) < 4.78 is 5.55. The van der Waals surface area contributed by atoms with E-state index in [2.05, 4.69) is 67.8 Å². The maximum absolute atomic E-state index is 5.55. The van der Waals surface area contributed by atoms with Crippen LogP contribution in [-0.2, 0) is 4.74 Å². The molecule has 8 nitrogen and oxygen atoms in total. The van der Waals surface area contributed by atoms with Crippen LogP contribution >= 0.6 is 0 Å². The highest BCUT2D eigenvalue weighted by Gasteiger charge is 2.46. The normalized spacial score (nSPS) is 20.7. The summed E-state index contributed by atoms with van der Waals surface area (Å²) in [6.07, 6.45) is 8.16. The van der Waals surface area contributed by atoms with Gasteiger partial charge in [0.25, 0.3) is 0 Å². The number of hydrogen-bond donors (Lipinski definition) is 1. The quantitative estimate of drug-likeness (QED) is 0.484. The van der Waals surface area contributed by atoms with Crippen LogP contribution in [0, 0.1) is 0 Å². The zero-order chi connectivity index (χ0) is 24.8. The van der Waals surface area contributed by atoms with Crippen molar-refractivity contribution in [3.63, 3.8) is 0 Å². The molecule has 34 heavy (non-hydrogen) atoms. The Hall–Kier alpha value is -2.19. The Bertz CT molecular complexity index is 801. The summed E-state index contributed by atoms with van der Waals surface area (Å²) in [4.78, 5) is 21.9. The number of nitrogens with one attached hydrogen (secondary N) is 1. The van der Waals surface area contributed by atoms with E-state index in [0.717, 1.165) is 63.8 Å². The van der Waals surface area contributed by atoms with Crippen LogP contribution in [0.15, 0.2) is 25.3 Å². The highest BCUT2D eigenvalue weighted by atomic mass is 16.5. The van der Waals surface area contributed by atoms with Gasteiger partial charge in [0.05, 0.1) is 13.2 Å². The fraction of sp³-hybridized carbons (Fsp3) is 0.731. The molecule has 0 radical (unpaired) electrons. The number of hydrogen-bond acceptors (Lipinski definition) is 8. The Kier molecular flexibility index (Phi) is 8.93. The van der Waals surface area contributed by atoms with Crippen LogP contribution in [0.5, 0.6) is 0 Å². The largest absolute Gasteiger partial charge is 0.378 e. The zero-order valence-electron chi connectivity index (χ0n) is 22.0. The lowest BCUT2D eigenvalue weighted by molar-refractivity contribution is -0.0263. The van der Waals surface area contributed by atoms with E-state index in [1.54, 1.807) is 0 Å². The molecule has 2 aliphatic rings. The lowest BCUT2D eigenvalue weighted by Crippen LogP contribution is -2.64. The van der Waals surface area contributed by atoms with Crippen molar-refractivity contribution in [2.75, 3.05) is 61.1 Å². The molecule has 0 saturated carbocycles. The van der Waals surface area contributed by atoms with Crippen molar-refractivity contribution >= 4 is 17.8 Å². The van der Waals surface area contributed by atoms with E-state index in [-0.39, 0.29) is 11.1 Å². The molecular formula is C26H45N7O. The summed E-state index contributed by atoms with van der Waals surface area (Å²) in [5.41, 5.74) is 0.0735. The van der Waals surface area contributed by atoms with Crippen molar-refractivity contribution in [2.24, 2.45) is 0 Å². The second-order valence-electron chi connectivity index (χ2n) is 10.7. The molecule has 2 aliphatic heterocycles. The van der Waals surface area contributed by atoms with E-state index < -0.39 is 0 Å². The summed E-state index contributed by atoms with van der Waals surface area (Å²) in [5, 5.41) is 3.30. The highest BCUT2D eigenvalue weighted by Crippen LogP contribution is 2.41. The average Bonchev–Trinajstić information content (AvgIpc) is 2.80. The minimum Gasteiger partial charge on any atom is -0.378 e. The predicted octanol–water partition coefficient (Wildman–Crippen LogP) is 4.12. The first-order valence-corrected chi connectivity index (χ1v) is 12.8. The molecule has 1 aromatic heterocycles. The molecule has 2 fully saturated rings. The summed E-state index contributed by atoms with van der Waals surface area (Å²) >= 11 is 0. The van der Waals surface area contributed by atoms with Crippen LogP contribution in [0.1, 0.15) is 60.3 Å². The molecule has 0 atom stereocenters. The van der Waals surface area contributed by atoms with Gasteiger partial charge in [-0.15, -0.1) is 13.2 Å². The molecule has 0 bridgehead atoms. The van der Waals surface area contributed by atoms with Gasteiger partial charge in [0.1, 0.15) is 0 Å². The van der Waals surface area contributed by atoms with Gasteiger partial charge in [-0.05, 0) is 47.0 Å². The first kappa shape index (κ1) is 26.4. The minimum absolute atomic E-state index is 0.0368. The smallest absolute Gasteiger partial charge is 0.232 e. The van der Waals surface area contributed by atoms with Gasteiger partial charge < -0.3 is 19.9 Å². The number of anilines is 3. The van der Waals surface area contributed by atoms with Crippen LogP contribution in [0.25, 0.3) is 0 Å². The number of unbranched alkanes of at least 4 members (excludes halogenated alkanes) is 1. The van der Waals surface area contributed by atoms with Crippen LogP contribution in [0.3, 0.4) is 0 Å². The summed E-state index contributed by atoms with van der Waals surface area (Å²) in [5.74, 6) is 2.10. The van der Waals surface area contributed by atoms with E-state index in [0.29, 0.717) is 31.7 Å². The van der Waals surface area contributed by atoms with Gasteiger partial charge in [-0.2, -0.15) is 15.0 Å². The molecule has 3 heterocycles. The molecule has 1 N–H and O–H groups in total. The molecule has 0 spiro atoms. The minimum atomic E-state index is 0.0368. The lowest BCUT2D eigenvalue weighted by atomic mass is 9.76. The molecule has 2 saturated heterocycles. The molecule has 8 heteroatoms. The fourth-order valence-electron chi connectivity index (χ4n) is 5.51. The number of aromatic nitrogens is 3. The molecule has 0 aliphatic carbocycles. The average molecular weight is 472 g/mol. The van der Waals surface area contributed by atoms with Crippen molar-refractivity contribution in [3.05, 3.63) is 25.3 Å². The van der Waals surface area contributed by atoms with E-state index in [9.17, 15) is 0 Å². The summed E-state index contributed by atoms with van der Waals surface area (Å²) in [6, 6.07) is 0.338. The Morgan fingerprint density at radius 1 is 1.06 bits per heavy atom. The van der Waals surface area contributed by atoms with Crippen molar-refractivity contribution in [3.8, 4) is 0 Å². The molecule has 190 valence electrons. The second kappa shape index (κ2) is 11.5. The van der Waals surface area contributed by atoms with Gasteiger partial charge in [0, 0.05) is 49.8 Å². The number of rotatable bonds is 11. The summed E-state index contributed by atoms with van der Waals surface area (Å²) in [6.45, 7) is 24.9. The third-order valence-corrected chi connectivity index (χ3v) is 7.00. The first-order valence-electron chi connectivity index (χ1n) is 12.8. The second-order valence-corrected chi connectivity index (χ2v) is 10.7. The van der Waals surface area contributed by atoms with Gasteiger partial charge >= 0.3 is 0 Å². The fourth-order valence-corrected chi connectivity index (χ4v) is 5.51. The predicted molar refractivity (Wildman–Crippen MR) is 142 cm³/mol. The van der Waals surface area contributed by atoms with Crippen LogP contribution in [0.2, 0.25) is 0 Å². The van der Waals surface area contributed by atoms with Crippen molar-refractivity contribution in [1.29, 1.82) is 0 Å². The first-order chi connectivity index (χ1) is 16.2. The molecule has 3 rings (SSSR count). The van der Waals surface area contributed by atoms with Gasteiger partial charge in [-0.3, -0.25) is 4.90 Å². The van der Waals surface area contributed by atoms with Crippen molar-refractivity contribution in [1.82, 2.24) is 19.9 Å². The zero-order valence-corrected chi connectivity index (χ0v) is 22.0. The molecule has 0 unspecified atom stereocenters. The highest BCUT2D eigenvalue weighted by molar-refractivity contribution is 5.46. The van der Waals surface area contributed by atoms with E-state index >= 15 is 0 Å². The topological polar surface area (TPSA) is 69.7 Å². The number of likely N-dealkylation sites (tertiary alicyclic amines) is 1. The molecule has 0 aromatic carbocycles. The van der Waals surface area contributed by atoms with Crippen LogP contribution < -0.4 is 15.1 Å². The third-order valence-electron chi connectivity index (χ3n) is 7.00. The van der Waals surface area contributed by atoms with Gasteiger partial charge in [0.15, 0.2) is 0 Å². The van der Waals surface area contributed by atoms with E-state index in [1.165, 1.54) is 0 Å². The number of nitrogens with zero attached hydrogens (tertiary/aromatic N) is 6. The standard InChI is InChI=1S/C26H45N7O/c1-8-11-14-32(21-19-25(4,5)33(13-10-3)26(6,7)20-21)24-29-22(27-12-9-2)28-23(30-24)31-15-17-34-18-16-31/h9-10,21H,2-3,8,11-20H2,1,4-7H3,(H,27,28,29,30). The van der Waals surface area contributed by atoms with Gasteiger partial charge in [-0.1, -0.05) is 25.5 Å². The molecule has 0 amide bonds. The Balaban J connectivity index is 1.99. The molecular weight excluding hydrogens is 426 g/mol. The maximum Gasteiger partial charge on any atom is 0.232 e. The Morgan fingerprint density at radius 2 is 1.74 bits per heavy atom. The lowest BCUT2D eigenvalue weighted by Gasteiger charge is -2.57. The SMILES string of the molecule is C=CCNc1nc(N2CCOCC2)nc(N(CCCC)C2CC(C)(C)N(CC=C)C(C)(C)C2)n1. The van der Waals surface area contributed by atoms with Crippen LogP contribution in [-0.4, -0.2) is 82.9 Å². The Morgan fingerprint density at radius 3 is 2.32 bits per heavy atom. The number of morpholine rings is 1. The third kappa shape index (κ3) is 6.27. The van der Waals surface area contributed by atoms with Gasteiger partial charge in [0.2, 0.25) is 17.8 Å². The monoisotopic (exact) mass is 471 g/mol. The van der Waals surface area contributed by atoms with Gasteiger partial charge in [-0.25, -0.2) is 0 Å². The number of piperidine rings is 1.